The third kappa shape index (κ3) is 4.06. The van der Waals surface area contributed by atoms with Gasteiger partial charge in [0.05, 0.1) is 12.2 Å². The Bertz CT molecular complexity index is 832. The maximum Gasteiger partial charge on any atom is 0.273 e. The molecule has 0 radical (unpaired) electrons. The van der Waals surface area contributed by atoms with Crippen molar-refractivity contribution in [2.45, 2.75) is 25.9 Å². The summed E-state index contributed by atoms with van der Waals surface area (Å²) >= 11 is 0. The molecular weight excluding hydrogens is 321 g/mol. The summed E-state index contributed by atoms with van der Waals surface area (Å²) in [5, 5.41) is 10.8. The van der Waals surface area contributed by atoms with Crippen molar-refractivity contribution in [3.63, 3.8) is 0 Å². The van der Waals surface area contributed by atoms with Gasteiger partial charge in [-0.15, -0.1) is 5.10 Å². The number of aromatic nitrogens is 4. The van der Waals surface area contributed by atoms with Crippen molar-refractivity contribution in [2.24, 2.45) is 0 Å². The molecule has 7 heteroatoms. The second-order valence-electron chi connectivity index (χ2n) is 5.60. The zero-order valence-electron chi connectivity index (χ0n) is 13.8. The van der Waals surface area contributed by atoms with Crippen LogP contribution in [0.25, 0.3) is 0 Å². The van der Waals surface area contributed by atoms with Gasteiger partial charge in [-0.25, -0.2) is 9.07 Å². The Morgan fingerprint density at radius 1 is 1.20 bits per heavy atom. The number of carbonyl (C=O) groups is 1. The Balaban J connectivity index is 1.70. The first-order chi connectivity index (χ1) is 12.2. The summed E-state index contributed by atoms with van der Waals surface area (Å²) in [7, 11) is 0. The number of nitrogens with one attached hydrogen (secondary N) is 1. The van der Waals surface area contributed by atoms with Gasteiger partial charge < -0.3 is 5.32 Å². The lowest BCUT2D eigenvalue weighted by molar-refractivity contribution is 0.0946. The van der Waals surface area contributed by atoms with Gasteiger partial charge in [0.1, 0.15) is 5.82 Å². The first-order valence-corrected chi connectivity index (χ1v) is 8.01. The number of nitrogens with zero attached hydrogens (tertiary/aromatic N) is 4. The van der Waals surface area contributed by atoms with Gasteiger partial charge in [-0.2, -0.15) is 0 Å². The third-order valence-corrected chi connectivity index (χ3v) is 3.91. The number of rotatable bonds is 6. The number of hydrogen-bond acceptors (Lipinski definition) is 4. The van der Waals surface area contributed by atoms with Crippen LogP contribution < -0.4 is 5.32 Å². The normalized spacial score (nSPS) is 11.9. The number of hydrogen-bond donors (Lipinski definition) is 1. The fourth-order valence-electron chi connectivity index (χ4n) is 2.57. The highest BCUT2D eigenvalue weighted by atomic mass is 19.1. The second-order valence-corrected chi connectivity index (χ2v) is 5.60. The Kier molecular flexibility index (Phi) is 5.13. The van der Waals surface area contributed by atoms with E-state index < -0.39 is 0 Å². The lowest BCUT2D eigenvalue weighted by atomic mass is 10.0. The fourth-order valence-corrected chi connectivity index (χ4v) is 2.57. The van der Waals surface area contributed by atoms with Crippen molar-refractivity contribution < 1.29 is 9.18 Å². The lowest BCUT2D eigenvalue weighted by Gasteiger charge is -2.14. The minimum atomic E-state index is -0.294. The number of pyridine rings is 1. The molecule has 0 bridgehead atoms. The van der Waals surface area contributed by atoms with Crippen LogP contribution in [0, 0.1) is 5.82 Å². The van der Waals surface area contributed by atoms with Gasteiger partial charge in [0.15, 0.2) is 5.69 Å². The third-order valence-electron chi connectivity index (χ3n) is 3.91. The second kappa shape index (κ2) is 7.65. The van der Waals surface area contributed by atoms with E-state index in [0.29, 0.717) is 6.54 Å². The largest absolute Gasteiger partial charge is 0.347 e. The number of carbonyl (C=O) groups excluding carboxylic acids is 1. The van der Waals surface area contributed by atoms with Gasteiger partial charge in [0.2, 0.25) is 0 Å². The predicted octanol–water partition coefficient (Wildman–Crippen LogP) is 2.74. The molecule has 1 N–H and O–H groups in total. The quantitative estimate of drug-likeness (QED) is 0.749. The number of benzene rings is 1. The average molecular weight is 339 g/mol. The van der Waals surface area contributed by atoms with Crippen molar-refractivity contribution in [3.05, 3.63) is 77.6 Å². The summed E-state index contributed by atoms with van der Waals surface area (Å²) in [6, 6.07) is 9.82. The van der Waals surface area contributed by atoms with E-state index in [2.05, 4.69) is 20.6 Å². The van der Waals surface area contributed by atoms with Crippen molar-refractivity contribution in [1.82, 2.24) is 25.3 Å². The van der Waals surface area contributed by atoms with E-state index in [-0.39, 0.29) is 23.5 Å². The molecule has 0 spiro atoms. The minimum Gasteiger partial charge on any atom is -0.347 e. The van der Waals surface area contributed by atoms with Crippen LogP contribution >= 0.6 is 0 Å². The van der Waals surface area contributed by atoms with Gasteiger partial charge in [-0.1, -0.05) is 24.3 Å². The van der Waals surface area contributed by atoms with Crippen LogP contribution in [0.3, 0.4) is 0 Å². The molecule has 1 aromatic carbocycles. The molecule has 0 saturated heterocycles. The van der Waals surface area contributed by atoms with E-state index >= 15 is 0 Å². The molecule has 128 valence electrons. The molecule has 0 aliphatic carbocycles. The lowest BCUT2D eigenvalue weighted by Crippen LogP contribution is -2.23. The summed E-state index contributed by atoms with van der Waals surface area (Å²) in [6.45, 7) is 2.39. The van der Waals surface area contributed by atoms with Crippen LogP contribution in [-0.2, 0) is 6.54 Å². The molecule has 3 rings (SSSR count). The Morgan fingerprint density at radius 2 is 1.92 bits per heavy atom. The Hall–Kier alpha value is -3.09. The van der Waals surface area contributed by atoms with E-state index in [9.17, 15) is 9.18 Å². The fraction of sp³-hybridized carbons (Fsp3) is 0.222. The van der Waals surface area contributed by atoms with E-state index in [1.165, 1.54) is 12.1 Å². The molecule has 0 saturated carbocycles. The molecule has 1 unspecified atom stereocenters. The predicted molar refractivity (Wildman–Crippen MR) is 90.3 cm³/mol. The minimum absolute atomic E-state index is 0.102. The van der Waals surface area contributed by atoms with Crippen molar-refractivity contribution >= 4 is 5.91 Å². The SMILES string of the molecule is CCC(c1ccc(F)cc1)n1cc(C(=O)NCc2ccncc2)nn1. The van der Waals surface area contributed by atoms with E-state index in [1.54, 1.807) is 35.4 Å². The van der Waals surface area contributed by atoms with Gasteiger partial charge >= 0.3 is 0 Å². The Morgan fingerprint density at radius 3 is 2.60 bits per heavy atom. The molecule has 0 aliphatic heterocycles. The highest BCUT2D eigenvalue weighted by molar-refractivity contribution is 5.91. The zero-order valence-corrected chi connectivity index (χ0v) is 13.8. The number of halogens is 1. The summed E-state index contributed by atoms with van der Waals surface area (Å²) in [6.07, 6.45) is 5.70. The maximum absolute atomic E-state index is 13.1. The van der Waals surface area contributed by atoms with Crippen LogP contribution in [0.1, 0.15) is 41.0 Å². The molecule has 1 atom stereocenters. The topological polar surface area (TPSA) is 72.7 Å². The van der Waals surface area contributed by atoms with Crippen molar-refractivity contribution in [1.29, 1.82) is 0 Å². The molecule has 25 heavy (non-hydrogen) atoms. The summed E-state index contributed by atoms with van der Waals surface area (Å²) in [4.78, 5) is 16.2. The summed E-state index contributed by atoms with van der Waals surface area (Å²) in [5.74, 6) is -0.578. The molecule has 0 fully saturated rings. The molecule has 2 aromatic heterocycles. The van der Waals surface area contributed by atoms with Crippen LogP contribution in [0.4, 0.5) is 4.39 Å². The zero-order chi connectivity index (χ0) is 17.6. The van der Waals surface area contributed by atoms with Crippen LogP contribution in [0.5, 0.6) is 0 Å². The molecule has 2 heterocycles. The van der Waals surface area contributed by atoms with Gasteiger partial charge in [-0.3, -0.25) is 9.78 Å². The maximum atomic E-state index is 13.1. The van der Waals surface area contributed by atoms with Gasteiger partial charge in [0, 0.05) is 18.9 Å². The van der Waals surface area contributed by atoms with E-state index in [0.717, 1.165) is 17.5 Å². The molecule has 1 amide bonds. The summed E-state index contributed by atoms with van der Waals surface area (Å²) < 4.78 is 14.7. The highest BCUT2D eigenvalue weighted by Gasteiger charge is 2.17. The van der Waals surface area contributed by atoms with Crippen molar-refractivity contribution in [3.8, 4) is 0 Å². The molecule has 3 aromatic rings. The first kappa shape index (κ1) is 16.8. The van der Waals surface area contributed by atoms with Crippen LogP contribution in [0.15, 0.2) is 55.0 Å². The van der Waals surface area contributed by atoms with Gasteiger partial charge in [-0.05, 0) is 41.8 Å². The number of amides is 1. The Labute approximate surface area is 144 Å². The smallest absolute Gasteiger partial charge is 0.273 e. The molecular formula is C18H18FN5O. The van der Waals surface area contributed by atoms with Crippen molar-refractivity contribution in [2.75, 3.05) is 0 Å². The molecule has 0 aliphatic rings. The highest BCUT2D eigenvalue weighted by Crippen LogP contribution is 2.21. The summed E-state index contributed by atoms with van der Waals surface area (Å²) in [5.41, 5.74) is 2.11. The van der Waals surface area contributed by atoms with E-state index in [4.69, 9.17) is 0 Å². The van der Waals surface area contributed by atoms with Crippen LogP contribution in [0.2, 0.25) is 0 Å². The van der Waals surface area contributed by atoms with Crippen LogP contribution in [-0.4, -0.2) is 25.9 Å². The average Bonchev–Trinajstić information content (AvgIpc) is 3.13. The molecule has 6 nitrogen and oxygen atoms in total. The monoisotopic (exact) mass is 339 g/mol. The standard InChI is InChI=1S/C18H18FN5O/c1-2-17(14-3-5-15(19)6-4-14)24-12-16(22-23-24)18(25)21-11-13-7-9-20-10-8-13/h3-10,12,17H,2,11H2,1H3,(H,21,25). The van der Waals surface area contributed by atoms with Gasteiger partial charge in [0.25, 0.3) is 5.91 Å². The van der Waals surface area contributed by atoms with E-state index in [1.807, 2.05) is 19.1 Å². The first-order valence-electron chi connectivity index (χ1n) is 8.01.